The topological polar surface area (TPSA) is 26.0 Å². The molecule has 0 atom stereocenters. The van der Waals surface area contributed by atoms with Gasteiger partial charge in [-0.1, -0.05) is 45.4 Å². The Balaban J connectivity index is 2.92. The SMILES string of the molecule is CCCC(F)(F)c1cccc(CC(C)(C)CN)c1. The Morgan fingerprint density at radius 2 is 1.89 bits per heavy atom. The van der Waals surface area contributed by atoms with Crippen molar-refractivity contribution in [2.24, 2.45) is 11.1 Å². The third-order valence-electron chi connectivity index (χ3n) is 3.15. The molecule has 0 saturated carbocycles. The van der Waals surface area contributed by atoms with Gasteiger partial charge in [-0.05, 0) is 30.0 Å². The molecule has 0 aliphatic carbocycles. The van der Waals surface area contributed by atoms with Crippen molar-refractivity contribution in [3.63, 3.8) is 0 Å². The van der Waals surface area contributed by atoms with E-state index in [-0.39, 0.29) is 17.4 Å². The third-order valence-corrected chi connectivity index (χ3v) is 3.15. The van der Waals surface area contributed by atoms with E-state index in [1.807, 2.05) is 19.9 Å². The molecule has 1 aromatic carbocycles. The van der Waals surface area contributed by atoms with Crippen molar-refractivity contribution in [3.05, 3.63) is 35.4 Å². The first-order valence-electron chi connectivity index (χ1n) is 6.48. The van der Waals surface area contributed by atoms with Gasteiger partial charge in [-0.25, -0.2) is 8.78 Å². The van der Waals surface area contributed by atoms with Gasteiger partial charge in [-0.2, -0.15) is 0 Å². The van der Waals surface area contributed by atoms with E-state index < -0.39 is 5.92 Å². The Labute approximate surface area is 108 Å². The fourth-order valence-electron chi connectivity index (χ4n) is 1.99. The minimum Gasteiger partial charge on any atom is -0.330 e. The number of hydrogen-bond acceptors (Lipinski definition) is 1. The van der Waals surface area contributed by atoms with Crippen LogP contribution in [0.3, 0.4) is 0 Å². The van der Waals surface area contributed by atoms with Crippen molar-refractivity contribution in [1.82, 2.24) is 0 Å². The normalized spacial score (nSPS) is 12.8. The molecule has 0 heterocycles. The second-order valence-electron chi connectivity index (χ2n) is 5.70. The molecule has 18 heavy (non-hydrogen) atoms. The van der Waals surface area contributed by atoms with Crippen LogP contribution in [0.2, 0.25) is 0 Å². The maximum absolute atomic E-state index is 13.8. The maximum Gasteiger partial charge on any atom is 0.273 e. The summed E-state index contributed by atoms with van der Waals surface area (Å²) in [5, 5.41) is 0. The van der Waals surface area contributed by atoms with Crippen LogP contribution in [0.5, 0.6) is 0 Å². The van der Waals surface area contributed by atoms with Crippen LogP contribution in [0.4, 0.5) is 8.78 Å². The Morgan fingerprint density at radius 1 is 1.22 bits per heavy atom. The minimum absolute atomic E-state index is 0.0569. The van der Waals surface area contributed by atoms with Gasteiger partial charge in [0, 0.05) is 12.0 Å². The number of rotatable bonds is 6. The number of halogens is 2. The fraction of sp³-hybridized carbons (Fsp3) is 0.600. The molecular weight excluding hydrogens is 232 g/mol. The molecule has 0 unspecified atom stereocenters. The Hall–Kier alpha value is -0.960. The molecule has 0 aliphatic heterocycles. The van der Waals surface area contributed by atoms with Gasteiger partial charge in [0.05, 0.1) is 0 Å². The molecule has 0 aromatic heterocycles. The lowest BCUT2D eigenvalue weighted by Gasteiger charge is -2.23. The van der Waals surface area contributed by atoms with E-state index in [1.165, 1.54) is 6.07 Å². The highest BCUT2D eigenvalue weighted by atomic mass is 19.3. The average Bonchev–Trinajstić information content (AvgIpc) is 2.29. The molecule has 0 aliphatic rings. The molecule has 1 aromatic rings. The minimum atomic E-state index is -2.72. The van der Waals surface area contributed by atoms with Crippen molar-refractivity contribution >= 4 is 0 Å². The summed E-state index contributed by atoms with van der Waals surface area (Å²) in [4.78, 5) is 0. The van der Waals surface area contributed by atoms with Crippen molar-refractivity contribution in [2.45, 2.75) is 46.0 Å². The average molecular weight is 255 g/mol. The summed E-state index contributed by atoms with van der Waals surface area (Å²) in [5.74, 6) is -2.72. The van der Waals surface area contributed by atoms with Crippen LogP contribution < -0.4 is 5.73 Å². The molecule has 3 heteroatoms. The lowest BCUT2D eigenvalue weighted by Crippen LogP contribution is -2.26. The van der Waals surface area contributed by atoms with E-state index in [0.29, 0.717) is 13.0 Å². The van der Waals surface area contributed by atoms with Gasteiger partial charge >= 0.3 is 0 Å². The summed E-state index contributed by atoms with van der Waals surface area (Å²) in [7, 11) is 0. The highest BCUT2D eigenvalue weighted by molar-refractivity contribution is 5.27. The summed E-state index contributed by atoms with van der Waals surface area (Å²) < 4.78 is 27.7. The molecule has 0 amide bonds. The van der Waals surface area contributed by atoms with Crippen LogP contribution in [-0.4, -0.2) is 6.54 Å². The van der Waals surface area contributed by atoms with Gasteiger partial charge in [0.25, 0.3) is 5.92 Å². The second kappa shape index (κ2) is 5.79. The van der Waals surface area contributed by atoms with Gasteiger partial charge in [0.1, 0.15) is 0 Å². The van der Waals surface area contributed by atoms with Crippen LogP contribution in [0, 0.1) is 5.41 Å². The van der Waals surface area contributed by atoms with Crippen molar-refractivity contribution < 1.29 is 8.78 Å². The molecule has 0 bridgehead atoms. The van der Waals surface area contributed by atoms with Gasteiger partial charge in [-0.15, -0.1) is 0 Å². The Bertz CT molecular complexity index is 386. The van der Waals surface area contributed by atoms with Crippen molar-refractivity contribution in [1.29, 1.82) is 0 Å². The van der Waals surface area contributed by atoms with E-state index in [0.717, 1.165) is 12.0 Å². The molecule has 0 saturated heterocycles. The first-order valence-corrected chi connectivity index (χ1v) is 6.48. The monoisotopic (exact) mass is 255 g/mol. The predicted octanol–water partition coefficient (Wildman–Crippen LogP) is 4.11. The van der Waals surface area contributed by atoms with Crippen LogP contribution in [0.15, 0.2) is 24.3 Å². The van der Waals surface area contributed by atoms with E-state index in [9.17, 15) is 8.78 Å². The third kappa shape index (κ3) is 4.05. The fourth-order valence-corrected chi connectivity index (χ4v) is 1.99. The molecule has 1 nitrogen and oxygen atoms in total. The summed E-state index contributed by atoms with van der Waals surface area (Å²) >= 11 is 0. The molecule has 0 spiro atoms. The zero-order valence-electron chi connectivity index (χ0n) is 11.5. The smallest absolute Gasteiger partial charge is 0.273 e. The summed E-state index contributed by atoms with van der Waals surface area (Å²) in [5.41, 5.74) is 6.67. The highest BCUT2D eigenvalue weighted by Gasteiger charge is 2.30. The number of benzene rings is 1. The zero-order chi connectivity index (χ0) is 13.8. The van der Waals surface area contributed by atoms with Crippen molar-refractivity contribution in [3.8, 4) is 0 Å². The summed E-state index contributed by atoms with van der Waals surface area (Å²) in [6, 6.07) is 6.73. The standard InChI is InChI=1S/C15H23F2N/c1-4-8-15(16,17)13-7-5-6-12(9-13)10-14(2,3)11-18/h5-7,9H,4,8,10-11,18H2,1-3H3. The number of alkyl halides is 2. The van der Waals surface area contributed by atoms with Gasteiger partial charge < -0.3 is 5.73 Å². The van der Waals surface area contributed by atoms with Crippen molar-refractivity contribution in [2.75, 3.05) is 6.54 Å². The largest absolute Gasteiger partial charge is 0.330 e. The molecule has 0 radical (unpaired) electrons. The summed E-state index contributed by atoms with van der Waals surface area (Å²) in [6.45, 7) is 6.41. The first-order chi connectivity index (χ1) is 8.30. The zero-order valence-corrected chi connectivity index (χ0v) is 11.5. The van der Waals surface area contributed by atoms with Crippen LogP contribution >= 0.6 is 0 Å². The lowest BCUT2D eigenvalue weighted by atomic mass is 9.85. The quantitative estimate of drug-likeness (QED) is 0.813. The predicted molar refractivity (Wildman–Crippen MR) is 71.8 cm³/mol. The van der Waals surface area contributed by atoms with Gasteiger partial charge in [-0.3, -0.25) is 0 Å². The molecule has 2 N–H and O–H groups in total. The van der Waals surface area contributed by atoms with Crippen LogP contribution in [0.25, 0.3) is 0 Å². The molecule has 1 rings (SSSR count). The van der Waals surface area contributed by atoms with Gasteiger partial charge in [0.15, 0.2) is 0 Å². The number of nitrogens with two attached hydrogens (primary N) is 1. The second-order valence-corrected chi connectivity index (χ2v) is 5.70. The molecule has 0 fully saturated rings. The van der Waals surface area contributed by atoms with E-state index in [1.54, 1.807) is 19.1 Å². The summed E-state index contributed by atoms with van der Waals surface area (Å²) in [6.07, 6.45) is 1.10. The molecular formula is C15H23F2N. The lowest BCUT2D eigenvalue weighted by molar-refractivity contribution is -0.0141. The van der Waals surface area contributed by atoms with Gasteiger partial charge in [0.2, 0.25) is 0 Å². The van der Waals surface area contributed by atoms with Crippen LogP contribution in [-0.2, 0) is 12.3 Å². The highest BCUT2D eigenvalue weighted by Crippen LogP contribution is 2.34. The maximum atomic E-state index is 13.8. The van der Waals surface area contributed by atoms with E-state index >= 15 is 0 Å². The Kier molecular flexibility index (Phi) is 4.85. The van der Waals surface area contributed by atoms with E-state index in [2.05, 4.69) is 0 Å². The first kappa shape index (κ1) is 15.1. The van der Waals surface area contributed by atoms with E-state index in [4.69, 9.17) is 5.73 Å². The van der Waals surface area contributed by atoms with Crippen LogP contribution in [0.1, 0.15) is 44.7 Å². The number of hydrogen-bond donors (Lipinski definition) is 1. The molecule has 102 valence electrons. The Morgan fingerprint density at radius 3 is 2.44 bits per heavy atom.